The summed E-state index contributed by atoms with van der Waals surface area (Å²) in [6.07, 6.45) is 4.18. The quantitative estimate of drug-likeness (QED) is 0.584. The van der Waals surface area contributed by atoms with E-state index in [1.807, 2.05) is 0 Å². The molecule has 2 aliphatic rings. The van der Waals surface area contributed by atoms with Gasteiger partial charge in [-0.1, -0.05) is 0 Å². The average Bonchev–Trinajstić information content (AvgIpc) is 2.14. The number of piperidine rings is 1. The van der Waals surface area contributed by atoms with Crippen molar-refractivity contribution in [2.75, 3.05) is 26.7 Å². The molecule has 2 heterocycles. The predicted octanol–water partition coefficient (Wildman–Crippen LogP) is 1.95. The molecule has 0 atom stereocenters. The van der Waals surface area contributed by atoms with Crippen LogP contribution in [-0.2, 0) is 0 Å². The van der Waals surface area contributed by atoms with Crippen LogP contribution in [0.2, 0.25) is 0 Å². The van der Waals surface area contributed by atoms with Crippen LogP contribution in [0, 0.1) is 0 Å². The van der Waals surface area contributed by atoms with E-state index in [1.54, 1.807) is 0 Å². The third kappa shape index (κ3) is 1.59. The molecule has 14 heavy (non-hydrogen) atoms. The molecule has 2 aliphatic heterocycles. The van der Waals surface area contributed by atoms with E-state index in [0.717, 1.165) is 0 Å². The molecular formula is C12H24N2. The maximum Gasteiger partial charge on any atom is 0.0243 e. The van der Waals surface area contributed by atoms with E-state index in [-0.39, 0.29) is 0 Å². The van der Waals surface area contributed by atoms with Crippen LogP contribution in [0.1, 0.15) is 40.0 Å². The van der Waals surface area contributed by atoms with Crippen molar-refractivity contribution in [3.8, 4) is 0 Å². The monoisotopic (exact) mass is 196 g/mol. The number of nitrogens with zero attached hydrogens (tertiary/aromatic N) is 2. The second kappa shape index (κ2) is 3.21. The number of likely N-dealkylation sites (tertiary alicyclic amines) is 2. The Morgan fingerprint density at radius 1 is 0.929 bits per heavy atom. The van der Waals surface area contributed by atoms with E-state index >= 15 is 0 Å². The van der Waals surface area contributed by atoms with Crippen molar-refractivity contribution in [2.24, 2.45) is 0 Å². The van der Waals surface area contributed by atoms with Crippen LogP contribution in [-0.4, -0.2) is 47.6 Å². The summed E-state index contributed by atoms with van der Waals surface area (Å²) < 4.78 is 0. The average molecular weight is 196 g/mol. The molecule has 82 valence electrons. The molecule has 0 bridgehead atoms. The van der Waals surface area contributed by atoms with Gasteiger partial charge in [0.1, 0.15) is 0 Å². The van der Waals surface area contributed by atoms with Crippen LogP contribution in [0.3, 0.4) is 0 Å². The first kappa shape index (κ1) is 10.4. The molecule has 0 aliphatic carbocycles. The Morgan fingerprint density at radius 3 is 1.71 bits per heavy atom. The molecule has 2 saturated heterocycles. The van der Waals surface area contributed by atoms with Crippen molar-refractivity contribution in [2.45, 2.75) is 51.1 Å². The molecule has 1 spiro atoms. The summed E-state index contributed by atoms with van der Waals surface area (Å²) >= 11 is 0. The fourth-order valence-electron chi connectivity index (χ4n) is 2.88. The molecule has 0 amide bonds. The highest BCUT2D eigenvalue weighted by Crippen LogP contribution is 2.39. The lowest BCUT2D eigenvalue weighted by Gasteiger charge is -2.56. The van der Waals surface area contributed by atoms with Gasteiger partial charge in [0.2, 0.25) is 0 Å². The van der Waals surface area contributed by atoms with Crippen molar-refractivity contribution in [3.63, 3.8) is 0 Å². The maximum atomic E-state index is 2.63. The van der Waals surface area contributed by atoms with Crippen LogP contribution in [0.5, 0.6) is 0 Å². The minimum absolute atomic E-state index is 0.365. The van der Waals surface area contributed by atoms with Gasteiger partial charge in [-0.25, -0.2) is 0 Å². The zero-order valence-corrected chi connectivity index (χ0v) is 10.1. The predicted molar refractivity (Wildman–Crippen MR) is 60.5 cm³/mol. The SMILES string of the molecule is CN1CCC12CCN(C(C)(C)C)CC2. The van der Waals surface area contributed by atoms with Crippen LogP contribution in [0.25, 0.3) is 0 Å². The second-order valence-electron chi connectivity index (χ2n) is 6.05. The second-order valence-corrected chi connectivity index (χ2v) is 6.05. The molecule has 0 saturated carbocycles. The zero-order chi connectivity index (χ0) is 10.4. The summed E-state index contributed by atoms with van der Waals surface area (Å²) in [6.45, 7) is 10.9. The number of rotatable bonds is 0. The Morgan fingerprint density at radius 2 is 1.43 bits per heavy atom. The lowest BCUT2D eigenvalue weighted by atomic mass is 9.76. The van der Waals surface area contributed by atoms with E-state index in [2.05, 4.69) is 37.6 Å². The molecular weight excluding hydrogens is 172 g/mol. The van der Waals surface area contributed by atoms with Gasteiger partial charge in [0.05, 0.1) is 0 Å². The summed E-state index contributed by atoms with van der Waals surface area (Å²) in [5, 5.41) is 0. The highest BCUT2D eigenvalue weighted by atomic mass is 15.3. The van der Waals surface area contributed by atoms with Gasteiger partial charge in [0.25, 0.3) is 0 Å². The summed E-state index contributed by atoms with van der Waals surface area (Å²) in [7, 11) is 2.29. The van der Waals surface area contributed by atoms with Gasteiger partial charge in [-0.3, -0.25) is 4.90 Å². The third-order valence-corrected chi connectivity index (χ3v) is 4.37. The van der Waals surface area contributed by atoms with E-state index in [0.29, 0.717) is 11.1 Å². The minimum Gasteiger partial charge on any atom is -0.300 e. The van der Waals surface area contributed by atoms with E-state index in [1.165, 1.54) is 38.9 Å². The van der Waals surface area contributed by atoms with Crippen LogP contribution >= 0.6 is 0 Å². The van der Waals surface area contributed by atoms with Crippen molar-refractivity contribution in [1.82, 2.24) is 9.80 Å². The normalized spacial score (nSPS) is 29.1. The molecule has 0 aromatic rings. The van der Waals surface area contributed by atoms with Crippen molar-refractivity contribution in [1.29, 1.82) is 0 Å². The van der Waals surface area contributed by atoms with Crippen LogP contribution in [0.15, 0.2) is 0 Å². The van der Waals surface area contributed by atoms with Crippen molar-refractivity contribution in [3.05, 3.63) is 0 Å². The highest BCUT2D eigenvalue weighted by Gasteiger charge is 2.45. The smallest absolute Gasteiger partial charge is 0.0243 e. The van der Waals surface area contributed by atoms with Crippen LogP contribution in [0.4, 0.5) is 0 Å². The molecule has 2 fully saturated rings. The Balaban J connectivity index is 1.92. The Bertz CT molecular complexity index is 209. The van der Waals surface area contributed by atoms with Crippen molar-refractivity contribution >= 4 is 0 Å². The molecule has 0 aromatic carbocycles. The van der Waals surface area contributed by atoms with Gasteiger partial charge >= 0.3 is 0 Å². The lowest BCUT2D eigenvalue weighted by Crippen LogP contribution is -2.63. The summed E-state index contributed by atoms with van der Waals surface area (Å²) in [6, 6.07) is 0. The van der Waals surface area contributed by atoms with Gasteiger partial charge < -0.3 is 4.90 Å². The molecule has 2 rings (SSSR count). The summed E-state index contributed by atoms with van der Waals surface area (Å²) in [4.78, 5) is 5.19. The maximum absolute atomic E-state index is 2.63. The van der Waals surface area contributed by atoms with E-state index < -0.39 is 0 Å². The van der Waals surface area contributed by atoms with Gasteiger partial charge in [0.15, 0.2) is 0 Å². The first-order valence-corrected chi connectivity index (χ1v) is 5.90. The summed E-state index contributed by atoms with van der Waals surface area (Å²) in [5.41, 5.74) is 0.964. The Hall–Kier alpha value is -0.0800. The van der Waals surface area contributed by atoms with Gasteiger partial charge in [-0.15, -0.1) is 0 Å². The molecule has 0 unspecified atom stereocenters. The van der Waals surface area contributed by atoms with Gasteiger partial charge in [-0.2, -0.15) is 0 Å². The minimum atomic E-state index is 0.365. The molecule has 2 nitrogen and oxygen atoms in total. The first-order valence-electron chi connectivity index (χ1n) is 5.90. The van der Waals surface area contributed by atoms with E-state index in [9.17, 15) is 0 Å². The largest absolute Gasteiger partial charge is 0.300 e. The fraction of sp³-hybridized carbons (Fsp3) is 1.00. The third-order valence-electron chi connectivity index (χ3n) is 4.37. The van der Waals surface area contributed by atoms with E-state index in [4.69, 9.17) is 0 Å². The topological polar surface area (TPSA) is 6.48 Å². The van der Waals surface area contributed by atoms with Gasteiger partial charge in [-0.05, 0) is 47.1 Å². The zero-order valence-electron chi connectivity index (χ0n) is 10.1. The van der Waals surface area contributed by atoms with Gasteiger partial charge in [0, 0.05) is 30.7 Å². The Kier molecular flexibility index (Phi) is 2.39. The highest BCUT2D eigenvalue weighted by molar-refractivity contribution is 5.02. The molecule has 0 N–H and O–H groups in total. The first-order chi connectivity index (χ1) is 6.44. The summed E-state index contributed by atoms with van der Waals surface area (Å²) in [5.74, 6) is 0. The lowest BCUT2D eigenvalue weighted by molar-refractivity contribution is -0.0558. The standard InChI is InChI=1S/C12H24N2/c1-11(2,3)14-9-6-12(7-10-14)5-8-13(12)4/h5-10H2,1-4H3. The molecule has 0 aromatic heterocycles. The van der Waals surface area contributed by atoms with Crippen LogP contribution < -0.4 is 0 Å². The van der Waals surface area contributed by atoms with Crippen molar-refractivity contribution < 1.29 is 0 Å². The number of hydrogen-bond donors (Lipinski definition) is 0. The fourth-order valence-corrected chi connectivity index (χ4v) is 2.88. The Labute approximate surface area is 88.3 Å². The number of hydrogen-bond acceptors (Lipinski definition) is 2. The molecule has 0 radical (unpaired) electrons. The molecule has 2 heteroatoms.